The van der Waals surface area contributed by atoms with E-state index in [4.69, 9.17) is 0 Å². The van der Waals surface area contributed by atoms with Gasteiger partial charge in [-0.1, -0.05) is 118 Å². The van der Waals surface area contributed by atoms with Crippen LogP contribution in [0, 0.1) is 27.7 Å². The summed E-state index contributed by atoms with van der Waals surface area (Å²) in [4.78, 5) is 4.79. The van der Waals surface area contributed by atoms with Gasteiger partial charge in [0.15, 0.2) is 0 Å². The standard InChI is InChI=1S/C52H48N2.CH4.H2/c1-33-9-17-37(18-10-33)53(38-19-11-34(2)12-20-38)41-25-27-43-45-31-50-46(32-49(45)51(5,6)47(43)29-41)44-28-26-42(30-48(44)52(50,7)8)54(39-21-13-35(3)14-22-39)40-23-15-36(4)16-24-40;;/h9-32H,1-8H3;1H4;1H. The molecule has 0 heterocycles. The number of benzene rings is 7. The Hall–Kier alpha value is -5.86. The number of rotatable bonds is 6. The lowest BCUT2D eigenvalue weighted by molar-refractivity contribution is 0.652. The van der Waals surface area contributed by atoms with Crippen molar-refractivity contribution < 1.29 is 1.43 Å². The Morgan fingerprint density at radius 2 is 0.545 bits per heavy atom. The summed E-state index contributed by atoms with van der Waals surface area (Å²) in [5.74, 6) is 0. The lowest BCUT2D eigenvalue weighted by Crippen LogP contribution is -2.18. The predicted molar refractivity (Wildman–Crippen MR) is 239 cm³/mol. The van der Waals surface area contributed by atoms with Crippen LogP contribution < -0.4 is 9.80 Å². The average molecular weight is 719 g/mol. The highest BCUT2D eigenvalue weighted by Crippen LogP contribution is 2.57. The van der Waals surface area contributed by atoms with Gasteiger partial charge in [0.05, 0.1) is 0 Å². The topological polar surface area (TPSA) is 6.48 Å². The van der Waals surface area contributed by atoms with Crippen molar-refractivity contribution in [2.24, 2.45) is 0 Å². The molecule has 2 nitrogen and oxygen atoms in total. The molecule has 0 radical (unpaired) electrons. The smallest absolute Gasteiger partial charge is 0.0465 e. The molecule has 0 aliphatic heterocycles. The first-order valence-corrected chi connectivity index (χ1v) is 19.3. The maximum atomic E-state index is 2.52. The minimum atomic E-state index is -0.164. The largest absolute Gasteiger partial charge is 0.310 e. The van der Waals surface area contributed by atoms with Gasteiger partial charge in [-0.05, 0) is 157 Å². The minimum Gasteiger partial charge on any atom is -0.310 e. The van der Waals surface area contributed by atoms with Crippen molar-refractivity contribution in [1.29, 1.82) is 0 Å². The summed E-state index contributed by atoms with van der Waals surface area (Å²) in [5, 5.41) is 0. The molecule has 0 saturated carbocycles. The van der Waals surface area contributed by atoms with Crippen LogP contribution in [-0.4, -0.2) is 0 Å². The molecule has 0 amide bonds. The summed E-state index contributed by atoms with van der Waals surface area (Å²) in [6.45, 7) is 18.2. The van der Waals surface area contributed by atoms with Crippen LogP contribution >= 0.6 is 0 Å². The highest BCUT2D eigenvalue weighted by Gasteiger charge is 2.42. The SMILES string of the molecule is C.Cc1ccc(N(c2ccc(C)cc2)c2ccc3c(c2)C(C)(C)c2cc4c(cc2-3)C(C)(C)c2cc(N(c3ccc(C)cc3)c3ccc(C)cc3)ccc2-4)cc1.[HH]. The molecule has 0 aromatic heterocycles. The van der Waals surface area contributed by atoms with Crippen molar-refractivity contribution in [2.75, 3.05) is 9.80 Å². The van der Waals surface area contributed by atoms with Crippen LogP contribution in [0.5, 0.6) is 0 Å². The van der Waals surface area contributed by atoms with Gasteiger partial charge in [-0.3, -0.25) is 0 Å². The third-order valence-corrected chi connectivity index (χ3v) is 12.1. The monoisotopic (exact) mass is 718 g/mol. The summed E-state index contributed by atoms with van der Waals surface area (Å²) in [6, 6.07) is 54.8. The summed E-state index contributed by atoms with van der Waals surface area (Å²) in [5.41, 5.74) is 22.7. The number of aryl methyl sites for hydroxylation is 4. The highest BCUT2D eigenvalue weighted by atomic mass is 15.1. The van der Waals surface area contributed by atoms with E-state index in [-0.39, 0.29) is 19.7 Å². The fraction of sp³-hybridized carbons (Fsp3) is 0.208. The van der Waals surface area contributed by atoms with Crippen molar-refractivity contribution in [2.45, 2.75) is 73.6 Å². The second-order valence-corrected chi connectivity index (χ2v) is 16.7. The van der Waals surface area contributed by atoms with Gasteiger partial charge in [-0.15, -0.1) is 0 Å². The van der Waals surface area contributed by atoms with Crippen molar-refractivity contribution in [1.82, 2.24) is 0 Å². The minimum absolute atomic E-state index is 0. The molecule has 0 saturated heterocycles. The van der Waals surface area contributed by atoms with Crippen LogP contribution in [0.3, 0.4) is 0 Å². The quantitative estimate of drug-likeness (QED) is 0.169. The average Bonchev–Trinajstić information content (AvgIpc) is 3.52. The van der Waals surface area contributed by atoms with Gasteiger partial charge in [0.25, 0.3) is 0 Å². The molecule has 0 unspecified atom stereocenters. The van der Waals surface area contributed by atoms with Crippen LogP contribution in [0.4, 0.5) is 34.1 Å². The molecule has 276 valence electrons. The number of fused-ring (bicyclic) bond motifs is 6. The van der Waals surface area contributed by atoms with Crippen molar-refractivity contribution >= 4 is 34.1 Å². The van der Waals surface area contributed by atoms with Gasteiger partial charge in [0.1, 0.15) is 0 Å². The molecule has 2 aliphatic carbocycles. The zero-order chi connectivity index (χ0) is 37.5. The zero-order valence-electron chi connectivity index (χ0n) is 32.8. The predicted octanol–water partition coefficient (Wildman–Crippen LogP) is 15.4. The van der Waals surface area contributed by atoms with Gasteiger partial charge in [0, 0.05) is 46.4 Å². The summed E-state index contributed by atoms with van der Waals surface area (Å²) in [6.07, 6.45) is 0. The Kier molecular flexibility index (Phi) is 8.65. The van der Waals surface area contributed by atoms with E-state index in [1.807, 2.05) is 0 Å². The molecule has 0 fully saturated rings. The molecule has 2 heteroatoms. The Balaban J connectivity index is 0.00000240. The van der Waals surface area contributed by atoms with Gasteiger partial charge in [-0.2, -0.15) is 0 Å². The summed E-state index contributed by atoms with van der Waals surface area (Å²) in [7, 11) is 0. The van der Waals surface area contributed by atoms with E-state index < -0.39 is 0 Å². The fourth-order valence-electron chi connectivity index (χ4n) is 8.89. The number of anilines is 6. The molecular formula is C53H54N2. The van der Waals surface area contributed by atoms with Crippen molar-refractivity contribution in [3.63, 3.8) is 0 Å². The molecule has 0 bridgehead atoms. The lowest BCUT2D eigenvalue weighted by atomic mass is 9.79. The second-order valence-electron chi connectivity index (χ2n) is 16.7. The zero-order valence-corrected chi connectivity index (χ0v) is 32.8. The van der Waals surface area contributed by atoms with E-state index in [0.717, 1.165) is 22.7 Å². The Labute approximate surface area is 330 Å². The highest BCUT2D eigenvalue weighted by molar-refractivity contribution is 5.92. The van der Waals surface area contributed by atoms with E-state index in [2.05, 4.69) is 211 Å². The molecule has 2 aliphatic rings. The van der Waals surface area contributed by atoms with Gasteiger partial charge in [-0.25, -0.2) is 0 Å². The lowest BCUT2D eigenvalue weighted by Gasteiger charge is -2.28. The van der Waals surface area contributed by atoms with E-state index in [9.17, 15) is 0 Å². The van der Waals surface area contributed by atoms with E-state index in [1.165, 1.54) is 78.1 Å². The van der Waals surface area contributed by atoms with Crippen molar-refractivity contribution in [3.05, 3.63) is 190 Å². The molecule has 55 heavy (non-hydrogen) atoms. The molecule has 9 rings (SSSR count). The Morgan fingerprint density at radius 3 is 0.818 bits per heavy atom. The van der Waals surface area contributed by atoms with Gasteiger partial charge in [0.2, 0.25) is 0 Å². The van der Waals surface area contributed by atoms with E-state index in [1.54, 1.807) is 0 Å². The first kappa shape index (κ1) is 36.1. The number of hydrogen-bond donors (Lipinski definition) is 0. The van der Waals surface area contributed by atoms with E-state index in [0.29, 0.717) is 0 Å². The number of hydrogen-bond acceptors (Lipinski definition) is 2. The van der Waals surface area contributed by atoms with Gasteiger partial charge < -0.3 is 9.80 Å². The molecule has 0 N–H and O–H groups in total. The van der Waals surface area contributed by atoms with Crippen LogP contribution in [0.2, 0.25) is 0 Å². The number of nitrogens with zero attached hydrogens (tertiary/aromatic N) is 2. The van der Waals surface area contributed by atoms with Crippen LogP contribution in [-0.2, 0) is 10.8 Å². The molecule has 7 aromatic rings. The van der Waals surface area contributed by atoms with Gasteiger partial charge >= 0.3 is 0 Å². The molecule has 7 aromatic carbocycles. The normalized spacial score (nSPS) is 14.0. The maximum absolute atomic E-state index is 2.52. The molecule has 0 spiro atoms. The summed E-state index contributed by atoms with van der Waals surface area (Å²) >= 11 is 0. The first-order valence-electron chi connectivity index (χ1n) is 19.3. The summed E-state index contributed by atoms with van der Waals surface area (Å²) < 4.78 is 0. The molecular weight excluding hydrogens is 665 g/mol. The first-order chi connectivity index (χ1) is 25.9. The van der Waals surface area contributed by atoms with Crippen molar-refractivity contribution in [3.8, 4) is 22.3 Å². The van der Waals surface area contributed by atoms with Crippen LogP contribution in [0.1, 0.15) is 81.1 Å². The van der Waals surface area contributed by atoms with Crippen LogP contribution in [0.15, 0.2) is 146 Å². The third kappa shape index (κ3) is 5.87. The molecule has 0 atom stereocenters. The second kappa shape index (κ2) is 13.2. The fourth-order valence-corrected chi connectivity index (χ4v) is 8.89. The Bertz CT molecular complexity index is 2290. The van der Waals surface area contributed by atoms with E-state index >= 15 is 0 Å². The Morgan fingerprint density at radius 1 is 0.309 bits per heavy atom. The maximum Gasteiger partial charge on any atom is 0.0465 e. The van der Waals surface area contributed by atoms with Crippen LogP contribution in [0.25, 0.3) is 22.3 Å². The third-order valence-electron chi connectivity index (χ3n) is 12.1.